The summed E-state index contributed by atoms with van der Waals surface area (Å²) in [6.45, 7) is 4.26. The maximum atomic E-state index is 14.1. The van der Waals surface area contributed by atoms with E-state index in [0.717, 1.165) is 18.9 Å². The molecule has 1 saturated heterocycles. The summed E-state index contributed by atoms with van der Waals surface area (Å²) in [7, 11) is 0. The van der Waals surface area contributed by atoms with E-state index in [-0.39, 0.29) is 12.0 Å². The molecule has 1 aliphatic heterocycles. The highest BCUT2D eigenvalue weighted by atomic mass is 19.1. The molecule has 5 nitrogen and oxygen atoms in total. The van der Waals surface area contributed by atoms with Crippen molar-refractivity contribution < 1.29 is 18.5 Å². The summed E-state index contributed by atoms with van der Waals surface area (Å²) >= 11 is 0. The number of hydrogen-bond donors (Lipinski definition) is 0. The van der Waals surface area contributed by atoms with Gasteiger partial charge in [-0.25, -0.2) is 4.39 Å². The van der Waals surface area contributed by atoms with E-state index < -0.39 is 33.7 Å². The second kappa shape index (κ2) is 5.75. The third kappa shape index (κ3) is 2.86. The van der Waals surface area contributed by atoms with Gasteiger partial charge in [-0.2, -0.15) is 4.39 Å². The number of nitrogens with zero attached hydrogens (tertiary/aromatic N) is 2. The maximum absolute atomic E-state index is 14.1. The highest BCUT2D eigenvalue weighted by Gasteiger charge is 2.32. The average molecular weight is 298 g/mol. The molecule has 0 spiro atoms. The zero-order valence-electron chi connectivity index (χ0n) is 11.8. The number of carbonyl (C=O) groups is 1. The molecule has 21 heavy (non-hydrogen) atoms. The number of hydrogen-bond acceptors (Lipinski definition) is 3. The number of rotatable bonds is 2. The van der Waals surface area contributed by atoms with Gasteiger partial charge in [-0.15, -0.1) is 0 Å². The average Bonchev–Trinajstić information content (AvgIpc) is 2.43. The number of carbonyl (C=O) groups excluding carboxylic acids is 1. The van der Waals surface area contributed by atoms with Crippen LogP contribution in [0.3, 0.4) is 0 Å². The molecule has 1 aliphatic rings. The minimum atomic E-state index is -1.28. The molecule has 1 fully saturated rings. The van der Waals surface area contributed by atoms with Crippen molar-refractivity contribution in [3.05, 3.63) is 39.4 Å². The highest BCUT2D eigenvalue weighted by Crippen LogP contribution is 2.28. The molecule has 0 radical (unpaired) electrons. The Morgan fingerprint density at radius 3 is 2.67 bits per heavy atom. The molecule has 114 valence electrons. The van der Waals surface area contributed by atoms with Crippen LogP contribution >= 0.6 is 0 Å². The molecule has 2 rings (SSSR count). The lowest BCUT2D eigenvalue weighted by molar-refractivity contribution is -0.387. The topological polar surface area (TPSA) is 63.5 Å². The van der Waals surface area contributed by atoms with Crippen LogP contribution < -0.4 is 0 Å². The maximum Gasteiger partial charge on any atom is 0.308 e. The summed E-state index contributed by atoms with van der Waals surface area (Å²) in [6.07, 6.45) is 1.73. The molecule has 2 atom stereocenters. The number of benzene rings is 1. The normalized spacial score (nSPS) is 22.2. The van der Waals surface area contributed by atoms with Crippen LogP contribution in [-0.2, 0) is 0 Å². The minimum Gasteiger partial charge on any atom is -0.336 e. The SMILES string of the molecule is CC1CCCN(C(=O)c2cc(F)cc([N+](=O)[O-])c2F)C1C. The molecule has 0 aromatic heterocycles. The molecular formula is C14H16F2N2O3. The summed E-state index contributed by atoms with van der Waals surface area (Å²) < 4.78 is 27.5. The van der Waals surface area contributed by atoms with Gasteiger partial charge < -0.3 is 4.90 Å². The Labute approximate surface area is 120 Å². The van der Waals surface area contributed by atoms with Crippen molar-refractivity contribution in [2.24, 2.45) is 5.92 Å². The molecule has 0 aliphatic carbocycles. The van der Waals surface area contributed by atoms with Crippen LogP contribution in [0.15, 0.2) is 12.1 Å². The molecule has 0 bridgehead atoms. The van der Waals surface area contributed by atoms with E-state index in [1.165, 1.54) is 4.90 Å². The summed E-state index contributed by atoms with van der Waals surface area (Å²) in [5, 5.41) is 10.7. The van der Waals surface area contributed by atoms with Gasteiger partial charge in [0.15, 0.2) is 0 Å². The van der Waals surface area contributed by atoms with Gasteiger partial charge in [-0.05, 0) is 31.7 Å². The zero-order valence-corrected chi connectivity index (χ0v) is 11.8. The Balaban J connectivity index is 2.41. The van der Waals surface area contributed by atoms with Crippen molar-refractivity contribution in [2.75, 3.05) is 6.54 Å². The van der Waals surface area contributed by atoms with Gasteiger partial charge in [0.2, 0.25) is 5.82 Å². The first-order valence-corrected chi connectivity index (χ1v) is 6.77. The Hall–Kier alpha value is -2.05. The predicted octanol–water partition coefficient (Wildman–Crippen LogP) is 3.13. The molecule has 2 unspecified atom stereocenters. The van der Waals surface area contributed by atoms with E-state index in [0.29, 0.717) is 12.6 Å². The second-order valence-corrected chi connectivity index (χ2v) is 5.40. The molecule has 0 N–H and O–H groups in total. The Morgan fingerprint density at radius 2 is 2.05 bits per heavy atom. The fourth-order valence-corrected chi connectivity index (χ4v) is 2.64. The Bertz CT molecular complexity index is 592. The molecular weight excluding hydrogens is 282 g/mol. The van der Waals surface area contributed by atoms with Crippen molar-refractivity contribution in [1.82, 2.24) is 4.90 Å². The number of nitro groups is 1. The fourth-order valence-electron chi connectivity index (χ4n) is 2.64. The van der Waals surface area contributed by atoms with Crippen molar-refractivity contribution in [1.29, 1.82) is 0 Å². The van der Waals surface area contributed by atoms with Crippen molar-refractivity contribution in [3.8, 4) is 0 Å². The van der Waals surface area contributed by atoms with Gasteiger partial charge in [0, 0.05) is 12.6 Å². The quantitative estimate of drug-likeness (QED) is 0.622. The van der Waals surface area contributed by atoms with Crippen molar-refractivity contribution in [2.45, 2.75) is 32.7 Å². The van der Waals surface area contributed by atoms with Crippen LogP contribution in [0.25, 0.3) is 0 Å². The minimum absolute atomic E-state index is 0.118. The lowest BCUT2D eigenvalue weighted by atomic mass is 9.91. The van der Waals surface area contributed by atoms with E-state index in [9.17, 15) is 23.7 Å². The van der Waals surface area contributed by atoms with Gasteiger partial charge in [0.1, 0.15) is 5.82 Å². The van der Waals surface area contributed by atoms with E-state index in [1.54, 1.807) is 0 Å². The number of amides is 1. The van der Waals surface area contributed by atoms with Crippen LogP contribution in [-0.4, -0.2) is 28.3 Å². The summed E-state index contributed by atoms with van der Waals surface area (Å²) in [4.78, 5) is 23.5. The van der Waals surface area contributed by atoms with Crippen LogP contribution in [0.2, 0.25) is 0 Å². The van der Waals surface area contributed by atoms with E-state index >= 15 is 0 Å². The monoisotopic (exact) mass is 298 g/mol. The van der Waals surface area contributed by atoms with Gasteiger partial charge in [0.25, 0.3) is 5.91 Å². The van der Waals surface area contributed by atoms with E-state index in [4.69, 9.17) is 0 Å². The fraction of sp³-hybridized carbons (Fsp3) is 0.500. The lowest BCUT2D eigenvalue weighted by Crippen LogP contribution is -2.46. The van der Waals surface area contributed by atoms with Gasteiger partial charge >= 0.3 is 5.69 Å². The predicted molar refractivity (Wildman–Crippen MR) is 71.9 cm³/mol. The Morgan fingerprint density at radius 1 is 1.38 bits per heavy atom. The first-order chi connectivity index (χ1) is 9.82. The molecule has 1 aromatic carbocycles. The number of halogens is 2. The third-order valence-electron chi connectivity index (χ3n) is 4.08. The van der Waals surface area contributed by atoms with Crippen LogP contribution in [0.5, 0.6) is 0 Å². The highest BCUT2D eigenvalue weighted by molar-refractivity contribution is 5.95. The third-order valence-corrected chi connectivity index (χ3v) is 4.08. The van der Waals surface area contributed by atoms with E-state index in [1.807, 2.05) is 13.8 Å². The molecule has 0 saturated carbocycles. The lowest BCUT2D eigenvalue weighted by Gasteiger charge is -2.38. The molecule has 1 heterocycles. The van der Waals surface area contributed by atoms with Crippen molar-refractivity contribution >= 4 is 11.6 Å². The van der Waals surface area contributed by atoms with Crippen LogP contribution in [0.1, 0.15) is 37.0 Å². The Kier molecular flexibility index (Phi) is 4.20. The first-order valence-electron chi connectivity index (χ1n) is 6.77. The number of nitro benzene ring substituents is 1. The summed E-state index contributed by atoms with van der Waals surface area (Å²) in [6, 6.07) is 1.08. The van der Waals surface area contributed by atoms with Gasteiger partial charge in [-0.1, -0.05) is 6.92 Å². The molecule has 1 aromatic rings. The second-order valence-electron chi connectivity index (χ2n) is 5.40. The molecule has 7 heteroatoms. The zero-order chi connectivity index (χ0) is 15.7. The summed E-state index contributed by atoms with van der Waals surface area (Å²) in [5.41, 5.74) is -1.60. The van der Waals surface area contributed by atoms with E-state index in [2.05, 4.69) is 0 Å². The largest absolute Gasteiger partial charge is 0.336 e. The number of piperidine rings is 1. The first kappa shape index (κ1) is 15.3. The van der Waals surface area contributed by atoms with Crippen molar-refractivity contribution in [3.63, 3.8) is 0 Å². The van der Waals surface area contributed by atoms with Gasteiger partial charge in [0.05, 0.1) is 16.6 Å². The van der Waals surface area contributed by atoms with Crippen LogP contribution in [0.4, 0.5) is 14.5 Å². The standard InChI is InChI=1S/C14H16F2N2O3/c1-8-4-3-5-17(9(8)2)14(19)11-6-10(15)7-12(13(11)16)18(20)21/h6-9H,3-5H2,1-2H3. The summed E-state index contributed by atoms with van der Waals surface area (Å²) in [5.74, 6) is -2.73. The van der Waals surface area contributed by atoms with Crippen LogP contribution in [0, 0.1) is 27.7 Å². The number of likely N-dealkylation sites (tertiary alicyclic amines) is 1. The molecule has 1 amide bonds. The van der Waals surface area contributed by atoms with Gasteiger partial charge in [-0.3, -0.25) is 14.9 Å². The smallest absolute Gasteiger partial charge is 0.308 e.